The van der Waals surface area contributed by atoms with Gasteiger partial charge >= 0.3 is 0 Å². The van der Waals surface area contributed by atoms with Crippen LogP contribution in [0.2, 0.25) is 0 Å². The normalized spacial score (nSPS) is 12.2. The molecule has 0 bridgehead atoms. The van der Waals surface area contributed by atoms with E-state index in [9.17, 15) is 9.59 Å². The number of rotatable bonds is 6. The first-order valence-electron chi connectivity index (χ1n) is 8.98. The number of nitrogens with one attached hydrogen (secondary N) is 1. The van der Waals surface area contributed by atoms with Crippen LogP contribution >= 0.6 is 23.1 Å². The Morgan fingerprint density at radius 3 is 3.00 bits per heavy atom. The van der Waals surface area contributed by atoms with Crippen molar-refractivity contribution >= 4 is 55.8 Å². The van der Waals surface area contributed by atoms with Crippen molar-refractivity contribution in [3.63, 3.8) is 0 Å². The number of benzene rings is 1. The molecule has 3 heterocycles. The number of carbonyl (C=O) groups excluding carboxylic acids is 1. The van der Waals surface area contributed by atoms with Gasteiger partial charge in [0.05, 0.1) is 21.8 Å². The third-order valence-electron chi connectivity index (χ3n) is 4.42. The molecule has 1 amide bonds. The minimum Gasteiger partial charge on any atom is -0.324 e. The summed E-state index contributed by atoms with van der Waals surface area (Å²) in [6.07, 6.45) is 3.37. The topological polar surface area (TPSA) is 76.9 Å². The Hall–Kier alpha value is -2.97. The number of thioether (sulfide) groups is 1. The Bertz CT molecular complexity index is 1270. The molecule has 0 fully saturated rings. The van der Waals surface area contributed by atoms with Crippen LogP contribution in [0.1, 0.15) is 6.92 Å². The molecule has 0 aliphatic rings. The van der Waals surface area contributed by atoms with Crippen LogP contribution in [-0.2, 0) is 11.3 Å². The predicted octanol–water partition coefficient (Wildman–Crippen LogP) is 4.31. The first-order valence-corrected chi connectivity index (χ1v) is 10.7. The maximum atomic E-state index is 12.8. The molecule has 0 aliphatic carbocycles. The number of fused-ring (bicyclic) bond motifs is 2. The number of amides is 1. The van der Waals surface area contributed by atoms with Gasteiger partial charge in [0.25, 0.3) is 5.56 Å². The van der Waals surface area contributed by atoms with Gasteiger partial charge in [-0.1, -0.05) is 23.9 Å². The van der Waals surface area contributed by atoms with E-state index in [0.717, 1.165) is 10.9 Å². The zero-order valence-corrected chi connectivity index (χ0v) is 17.3. The van der Waals surface area contributed by atoms with Gasteiger partial charge in [-0.05, 0) is 42.6 Å². The summed E-state index contributed by atoms with van der Waals surface area (Å²) in [6, 6.07) is 11.1. The Morgan fingerprint density at radius 1 is 1.31 bits per heavy atom. The monoisotopic (exact) mass is 422 g/mol. The van der Waals surface area contributed by atoms with Crippen LogP contribution in [0.15, 0.2) is 70.6 Å². The van der Waals surface area contributed by atoms with E-state index in [0.29, 0.717) is 27.6 Å². The summed E-state index contributed by atoms with van der Waals surface area (Å²) in [5.74, 6) is -0.169. The van der Waals surface area contributed by atoms with Crippen molar-refractivity contribution in [2.24, 2.45) is 0 Å². The number of allylic oxidation sites excluding steroid dienone is 1. The third-order valence-corrected chi connectivity index (χ3v) is 6.31. The van der Waals surface area contributed by atoms with Crippen molar-refractivity contribution in [1.29, 1.82) is 0 Å². The second-order valence-corrected chi connectivity index (χ2v) is 8.57. The van der Waals surface area contributed by atoms with Crippen LogP contribution in [0.5, 0.6) is 0 Å². The van der Waals surface area contributed by atoms with Gasteiger partial charge in [0, 0.05) is 18.1 Å². The number of aromatic nitrogens is 3. The van der Waals surface area contributed by atoms with E-state index < -0.39 is 5.25 Å². The molecule has 4 rings (SSSR count). The molecular formula is C21H18N4O2S2. The quantitative estimate of drug-likeness (QED) is 0.285. The smallest absolute Gasteiger partial charge is 0.263 e. The van der Waals surface area contributed by atoms with Crippen LogP contribution < -0.4 is 10.9 Å². The predicted molar refractivity (Wildman–Crippen MR) is 120 cm³/mol. The van der Waals surface area contributed by atoms with Gasteiger partial charge in [-0.3, -0.25) is 19.1 Å². The highest BCUT2D eigenvalue weighted by Crippen LogP contribution is 2.27. The van der Waals surface area contributed by atoms with Crippen molar-refractivity contribution in [2.45, 2.75) is 23.9 Å². The third kappa shape index (κ3) is 3.81. The number of pyridine rings is 1. The molecule has 0 radical (unpaired) electrons. The summed E-state index contributed by atoms with van der Waals surface area (Å²) in [5, 5.41) is 6.33. The lowest BCUT2D eigenvalue weighted by Crippen LogP contribution is -2.26. The van der Waals surface area contributed by atoms with E-state index in [4.69, 9.17) is 0 Å². The van der Waals surface area contributed by atoms with E-state index in [1.165, 1.54) is 23.1 Å². The Labute approximate surface area is 175 Å². The summed E-state index contributed by atoms with van der Waals surface area (Å²) >= 11 is 2.67. The molecule has 0 saturated heterocycles. The number of carbonyl (C=O) groups is 1. The fraction of sp³-hybridized carbons (Fsp3) is 0.143. The van der Waals surface area contributed by atoms with E-state index in [-0.39, 0.29) is 11.5 Å². The highest BCUT2D eigenvalue weighted by atomic mass is 32.2. The van der Waals surface area contributed by atoms with Gasteiger partial charge in [-0.2, -0.15) is 0 Å². The Kier molecular flexibility index (Phi) is 5.46. The van der Waals surface area contributed by atoms with Crippen molar-refractivity contribution in [1.82, 2.24) is 14.5 Å². The van der Waals surface area contributed by atoms with Crippen LogP contribution in [0, 0.1) is 0 Å². The van der Waals surface area contributed by atoms with Gasteiger partial charge < -0.3 is 5.32 Å². The molecule has 1 aromatic carbocycles. The number of nitrogens with zero attached hydrogens (tertiary/aromatic N) is 3. The van der Waals surface area contributed by atoms with Crippen LogP contribution in [0.3, 0.4) is 0 Å². The molecule has 0 saturated carbocycles. The molecule has 146 valence electrons. The first-order chi connectivity index (χ1) is 14.1. The van der Waals surface area contributed by atoms with E-state index >= 15 is 0 Å². The average Bonchev–Trinajstić information content (AvgIpc) is 3.20. The summed E-state index contributed by atoms with van der Waals surface area (Å²) in [5.41, 5.74) is 1.40. The molecule has 0 aliphatic heterocycles. The number of thiophene rings is 1. The van der Waals surface area contributed by atoms with Gasteiger partial charge in [-0.15, -0.1) is 17.9 Å². The lowest BCUT2D eigenvalue weighted by molar-refractivity contribution is -0.115. The molecule has 29 heavy (non-hydrogen) atoms. The molecule has 6 nitrogen and oxygen atoms in total. The van der Waals surface area contributed by atoms with E-state index in [1.54, 1.807) is 29.8 Å². The van der Waals surface area contributed by atoms with Crippen molar-refractivity contribution < 1.29 is 4.79 Å². The fourth-order valence-electron chi connectivity index (χ4n) is 2.97. The van der Waals surface area contributed by atoms with E-state index in [1.807, 2.05) is 35.7 Å². The maximum Gasteiger partial charge on any atom is 0.263 e. The summed E-state index contributed by atoms with van der Waals surface area (Å²) < 4.78 is 1.55. The Balaban J connectivity index is 1.61. The summed E-state index contributed by atoms with van der Waals surface area (Å²) in [7, 11) is 0. The molecule has 0 spiro atoms. The highest BCUT2D eigenvalue weighted by molar-refractivity contribution is 8.00. The van der Waals surface area contributed by atoms with Gasteiger partial charge in [0.2, 0.25) is 5.91 Å². The molecule has 4 aromatic rings. The minimum atomic E-state index is -0.456. The zero-order valence-electron chi connectivity index (χ0n) is 15.7. The molecular weight excluding hydrogens is 404 g/mol. The van der Waals surface area contributed by atoms with E-state index in [2.05, 4.69) is 21.9 Å². The number of anilines is 1. The second kappa shape index (κ2) is 8.18. The molecule has 8 heteroatoms. The first kappa shape index (κ1) is 19.4. The molecule has 3 aromatic heterocycles. The maximum absolute atomic E-state index is 12.8. The largest absolute Gasteiger partial charge is 0.324 e. The molecule has 1 unspecified atom stereocenters. The highest BCUT2D eigenvalue weighted by Gasteiger charge is 2.20. The number of hydrogen-bond acceptors (Lipinski definition) is 6. The van der Waals surface area contributed by atoms with Crippen LogP contribution in [0.25, 0.3) is 21.1 Å². The minimum absolute atomic E-state index is 0.119. The zero-order chi connectivity index (χ0) is 20.4. The van der Waals surface area contributed by atoms with Gasteiger partial charge in [0.1, 0.15) is 4.83 Å². The standard InChI is InChI=1S/C21H18N4O2S2/c1-3-11-25-20(27)15-9-12-28-19(15)24-21(25)29-13(2)18(26)23-17-8-4-7-16-14(17)6-5-10-22-16/h3-10,12-13H,1,11H2,2H3,(H,23,26). The Morgan fingerprint density at radius 2 is 2.17 bits per heavy atom. The second-order valence-electron chi connectivity index (χ2n) is 6.36. The van der Waals surface area contributed by atoms with Gasteiger partial charge in [0.15, 0.2) is 5.16 Å². The summed E-state index contributed by atoms with van der Waals surface area (Å²) in [6.45, 7) is 5.86. The summed E-state index contributed by atoms with van der Waals surface area (Å²) in [4.78, 5) is 35.2. The lowest BCUT2D eigenvalue weighted by atomic mass is 10.2. The SMILES string of the molecule is C=CCn1c(SC(C)C(=O)Nc2cccc3ncccc23)nc2sccc2c1=O. The van der Waals surface area contributed by atoms with Crippen LogP contribution in [-0.4, -0.2) is 25.7 Å². The van der Waals surface area contributed by atoms with Gasteiger partial charge in [-0.25, -0.2) is 4.98 Å². The van der Waals surface area contributed by atoms with Crippen molar-refractivity contribution in [2.75, 3.05) is 5.32 Å². The average molecular weight is 423 g/mol. The van der Waals surface area contributed by atoms with Crippen molar-refractivity contribution in [3.8, 4) is 0 Å². The molecule has 1 atom stereocenters. The molecule has 1 N–H and O–H groups in total. The number of hydrogen-bond donors (Lipinski definition) is 1. The fourth-order valence-corrected chi connectivity index (χ4v) is 4.69. The van der Waals surface area contributed by atoms with Crippen LogP contribution in [0.4, 0.5) is 5.69 Å². The lowest BCUT2D eigenvalue weighted by Gasteiger charge is -2.15. The van der Waals surface area contributed by atoms with Crippen molar-refractivity contribution in [3.05, 3.63) is 71.0 Å².